The third kappa shape index (κ3) is 1.93. The molecular formula is C14H14O4. The molecule has 0 heterocycles. The summed E-state index contributed by atoms with van der Waals surface area (Å²) in [4.78, 5) is 0. The molecule has 2 N–H and O–H groups in total. The zero-order valence-electron chi connectivity index (χ0n) is 10.2. The van der Waals surface area contributed by atoms with Crippen LogP contribution in [-0.2, 0) is 0 Å². The average Bonchev–Trinajstić information content (AvgIpc) is 2.39. The Balaban J connectivity index is 2.66. The van der Waals surface area contributed by atoms with Crippen LogP contribution in [-0.4, -0.2) is 24.4 Å². The number of hydrogen-bond acceptors (Lipinski definition) is 4. The number of para-hydroxylation sites is 2. The Kier molecular flexibility index (Phi) is 3.28. The number of rotatable bonds is 3. The summed E-state index contributed by atoms with van der Waals surface area (Å²) in [6.45, 7) is 0. The highest BCUT2D eigenvalue weighted by atomic mass is 16.5. The Labute approximate surface area is 105 Å². The molecule has 0 aliphatic carbocycles. The number of phenols is 2. The highest BCUT2D eigenvalue weighted by Crippen LogP contribution is 2.43. The molecule has 0 spiro atoms. The van der Waals surface area contributed by atoms with Gasteiger partial charge in [0.15, 0.2) is 23.0 Å². The number of benzene rings is 2. The lowest BCUT2D eigenvalue weighted by Gasteiger charge is -2.13. The van der Waals surface area contributed by atoms with E-state index in [1.54, 1.807) is 30.3 Å². The highest BCUT2D eigenvalue weighted by molar-refractivity contribution is 5.79. The summed E-state index contributed by atoms with van der Waals surface area (Å²) in [5, 5.41) is 19.8. The fourth-order valence-corrected chi connectivity index (χ4v) is 1.86. The molecule has 0 atom stereocenters. The maximum atomic E-state index is 10.1. The Morgan fingerprint density at radius 1 is 0.833 bits per heavy atom. The third-order valence-electron chi connectivity index (χ3n) is 2.71. The summed E-state index contributed by atoms with van der Waals surface area (Å²) in [5.74, 6) is 0.736. The molecule has 0 saturated carbocycles. The standard InChI is InChI=1S/C14H14O4/c1-17-12-8-4-5-9(13(12)16)10-6-3-7-11(15)14(10)18-2/h3-8,15-16H,1-2H3. The van der Waals surface area contributed by atoms with Gasteiger partial charge in [0.25, 0.3) is 0 Å². The van der Waals surface area contributed by atoms with Crippen molar-refractivity contribution in [1.29, 1.82) is 0 Å². The molecule has 4 nitrogen and oxygen atoms in total. The first-order valence-electron chi connectivity index (χ1n) is 5.41. The van der Waals surface area contributed by atoms with Crippen molar-refractivity contribution in [2.45, 2.75) is 0 Å². The quantitative estimate of drug-likeness (QED) is 0.874. The molecule has 4 heteroatoms. The van der Waals surface area contributed by atoms with Crippen molar-refractivity contribution in [3.05, 3.63) is 36.4 Å². The Morgan fingerprint density at radius 3 is 2.17 bits per heavy atom. The van der Waals surface area contributed by atoms with Gasteiger partial charge in [-0.25, -0.2) is 0 Å². The van der Waals surface area contributed by atoms with E-state index in [0.717, 1.165) is 0 Å². The molecule has 0 aromatic heterocycles. The van der Waals surface area contributed by atoms with Gasteiger partial charge in [0.05, 0.1) is 14.2 Å². The van der Waals surface area contributed by atoms with Crippen molar-refractivity contribution in [2.24, 2.45) is 0 Å². The second-order valence-corrected chi connectivity index (χ2v) is 3.71. The van der Waals surface area contributed by atoms with E-state index in [1.807, 2.05) is 0 Å². The van der Waals surface area contributed by atoms with E-state index in [9.17, 15) is 10.2 Å². The van der Waals surface area contributed by atoms with Gasteiger partial charge in [-0.15, -0.1) is 0 Å². The van der Waals surface area contributed by atoms with Crippen LogP contribution in [0.1, 0.15) is 0 Å². The van der Waals surface area contributed by atoms with Gasteiger partial charge in [-0.3, -0.25) is 0 Å². The fraction of sp³-hybridized carbons (Fsp3) is 0.143. The van der Waals surface area contributed by atoms with E-state index in [2.05, 4.69) is 0 Å². The summed E-state index contributed by atoms with van der Waals surface area (Å²) in [6.07, 6.45) is 0. The normalized spacial score (nSPS) is 10.1. The maximum absolute atomic E-state index is 10.1. The second kappa shape index (κ2) is 4.87. The molecule has 94 valence electrons. The predicted octanol–water partition coefficient (Wildman–Crippen LogP) is 2.78. The van der Waals surface area contributed by atoms with Gasteiger partial charge in [-0.2, -0.15) is 0 Å². The Bertz CT molecular complexity index is 564. The number of hydrogen-bond donors (Lipinski definition) is 2. The predicted molar refractivity (Wildman–Crippen MR) is 68.3 cm³/mol. The van der Waals surface area contributed by atoms with Crippen LogP contribution in [0, 0.1) is 0 Å². The van der Waals surface area contributed by atoms with Gasteiger partial charge < -0.3 is 19.7 Å². The molecule has 0 fully saturated rings. The van der Waals surface area contributed by atoms with Crippen LogP contribution >= 0.6 is 0 Å². The molecule has 2 aromatic carbocycles. The topological polar surface area (TPSA) is 58.9 Å². The average molecular weight is 246 g/mol. The van der Waals surface area contributed by atoms with Gasteiger partial charge in [0.1, 0.15) is 0 Å². The fourth-order valence-electron chi connectivity index (χ4n) is 1.86. The van der Waals surface area contributed by atoms with Crippen molar-refractivity contribution < 1.29 is 19.7 Å². The van der Waals surface area contributed by atoms with E-state index in [4.69, 9.17) is 9.47 Å². The lowest BCUT2D eigenvalue weighted by atomic mass is 10.0. The summed E-state index contributed by atoms with van der Waals surface area (Å²) in [7, 11) is 2.95. The van der Waals surface area contributed by atoms with Crippen LogP contribution in [0.3, 0.4) is 0 Å². The van der Waals surface area contributed by atoms with Gasteiger partial charge in [0, 0.05) is 11.1 Å². The monoisotopic (exact) mass is 246 g/mol. The minimum atomic E-state index is 0.0175. The molecule has 0 bridgehead atoms. The lowest BCUT2D eigenvalue weighted by Crippen LogP contribution is -1.90. The number of aromatic hydroxyl groups is 2. The molecule has 0 saturated heterocycles. The molecule has 2 aromatic rings. The third-order valence-corrected chi connectivity index (χ3v) is 2.71. The first-order chi connectivity index (χ1) is 8.69. The van der Waals surface area contributed by atoms with Gasteiger partial charge in [0.2, 0.25) is 0 Å². The van der Waals surface area contributed by atoms with Crippen molar-refractivity contribution in [3.63, 3.8) is 0 Å². The molecule has 0 aliphatic rings. The molecule has 0 amide bonds. The first-order valence-corrected chi connectivity index (χ1v) is 5.41. The molecule has 0 radical (unpaired) electrons. The van der Waals surface area contributed by atoms with Crippen LogP contribution in [0.4, 0.5) is 0 Å². The minimum absolute atomic E-state index is 0.0175. The summed E-state index contributed by atoms with van der Waals surface area (Å²) < 4.78 is 10.2. The van der Waals surface area contributed by atoms with E-state index < -0.39 is 0 Å². The first kappa shape index (κ1) is 12.1. The molecule has 0 unspecified atom stereocenters. The Hall–Kier alpha value is -2.36. The summed E-state index contributed by atoms with van der Waals surface area (Å²) in [6, 6.07) is 10.1. The number of ether oxygens (including phenoxy) is 2. The van der Waals surface area contributed by atoms with Crippen LogP contribution in [0.25, 0.3) is 11.1 Å². The zero-order valence-corrected chi connectivity index (χ0v) is 10.2. The van der Waals surface area contributed by atoms with E-state index in [1.165, 1.54) is 20.3 Å². The van der Waals surface area contributed by atoms with Crippen molar-refractivity contribution >= 4 is 0 Å². The second-order valence-electron chi connectivity index (χ2n) is 3.71. The number of methoxy groups -OCH3 is 2. The van der Waals surface area contributed by atoms with Crippen molar-refractivity contribution in [2.75, 3.05) is 14.2 Å². The van der Waals surface area contributed by atoms with Crippen molar-refractivity contribution in [3.8, 4) is 34.1 Å². The largest absolute Gasteiger partial charge is 0.504 e. The highest BCUT2D eigenvalue weighted by Gasteiger charge is 2.15. The molecule has 0 aliphatic heterocycles. The molecular weight excluding hydrogens is 232 g/mol. The van der Waals surface area contributed by atoms with Gasteiger partial charge >= 0.3 is 0 Å². The SMILES string of the molecule is COc1cccc(-c2cccc(O)c2OC)c1O. The van der Waals surface area contributed by atoms with E-state index >= 15 is 0 Å². The summed E-state index contributed by atoms with van der Waals surface area (Å²) >= 11 is 0. The molecule has 2 rings (SSSR count). The van der Waals surface area contributed by atoms with Gasteiger partial charge in [-0.1, -0.05) is 24.3 Å². The van der Waals surface area contributed by atoms with E-state index in [0.29, 0.717) is 22.6 Å². The lowest BCUT2D eigenvalue weighted by molar-refractivity contribution is 0.370. The van der Waals surface area contributed by atoms with Crippen LogP contribution < -0.4 is 9.47 Å². The summed E-state index contributed by atoms with van der Waals surface area (Å²) in [5.41, 5.74) is 1.15. The van der Waals surface area contributed by atoms with Crippen LogP contribution in [0.2, 0.25) is 0 Å². The Morgan fingerprint density at radius 2 is 1.50 bits per heavy atom. The van der Waals surface area contributed by atoms with Gasteiger partial charge in [-0.05, 0) is 12.1 Å². The maximum Gasteiger partial charge on any atom is 0.168 e. The van der Waals surface area contributed by atoms with Crippen LogP contribution in [0.5, 0.6) is 23.0 Å². The number of phenolic OH excluding ortho intramolecular Hbond substituents is 2. The van der Waals surface area contributed by atoms with Crippen LogP contribution in [0.15, 0.2) is 36.4 Å². The van der Waals surface area contributed by atoms with Crippen molar-refractivity contribution in [1.82, 2.24) is 0 Å². The molecule has 18 heavy (non-hydrogen) atoms. The zero-order chi connectivity index (χ0) is 13.1. The van der Waals surface area contributed by atoms with E-state index in [-0.39, 0.29) is 11.5 Å². The smallest absolute Gasteiger partial charge is 0.168 e. The minimum Gasteiger partial charge on any atom is -0.504 e.